The van der Waals surface area contributed by atoms with Gasteiger partial charge in [0.05, 0.1) is 19.2 Å². The van der Waals surface area contributed by atoms with E-state index in [0.29, 0.717) is 17.0 Å². The Balaban J connectivity index is 1.53. The van der Waals surface area contributed by atoms with Gasteiger partial charge in [-0.1, -0.05) is 23.8 Å². The monoisotopic (exact) mass is 448 g/mol. The molecule has 32 heavy (non-hydrogen) atoms. The molecule has 0 radical (unpaired) electrons. The van der Waals surface area contributed by atoms with Gasteiger partial charge in [0.1, 0.15) is 23.8 Å². The largest absolute Gasteiger partial charge is 0.497 e. The number of ether oxygens (including phenoxy) is 2. The first-order valence-corrected chi connectivity index (χ1v) is 11.1. The lowest BCUT2D eigenvalue weighted by Gasteiger charge is -2.16. The van der Waals surface area contributed by atoms with E-state index < -0.39 is 0 Å². The maximum absolute atomic E-state index is 13.2. The van der Waals surface area contributed by atoms with Gasteiger partial charge in [0.25, 0.3) is 11.8 Å². The van der Waals surface area contributed by atoms with Crippen molar-refractivity contribution in [1.29, 1.82) is 0 Å². The van der Waals surface area contributed by atoms with E-state index in [1.54, 1.807) is 31.4 Å². The van der Waals surface area contributed by atoms with E-state index in [4.69, 9.17) is 9.47 Å². The van der Waals surface area contributed by atoms with Gasteiger partial charge < -0.3 is 14.8 Å². The molecule has 6 nitrogen and oxygen atoms in total. The van der Waals surface area contributed by atoms with Gasteiger partial charge in [0.15, 0.2) is 0 Å². The lowest BCUT2D eigenvalue weighted by atomic mass is 10.1. The van der Waals surface area contributed by atoms with Crippen molar-refractivity contribution in [3.05, 3.63) is 81.7 Å². The fraction of sp³-hybridized carbons (Fsp3) is 0.200. The van der Waals surface area contributed by atoms with Crippen LogP contribution in [0.5, 0.6) is 11.5 Å². The Morgan fingerprint density at radius 1 is 0.969 bits per heavy atom. The predicted octanol–water partition coefficient (Wildman–Crippen LogP) is 4.64. The molecule has 3 aromatic rings. The molecular weight excluding hydrogens is 424 g/mol. The quantitative estimate of drug-likeness (QED) is 0.509. The Hall–Kier alpha value is -3.58. The number of nitrogens with one attached hydrogen (secondary N) is 1. The number of carbonyl (C=O) groups is 2. The molecule has 0 spiro atoms. The second-order valence-corrected chi connectivity index (χ2v) is 8.40. The summed E-state index contributed by atoms with van der Waals surface area (Å²) in [6.07, 6.45) is 0. The third-order valence-electron chi connectivity index (χ3n) is 5.22. The number of hydrogen-bond acceptors (Lipinski definition) is 6. The van der Waals surface area contributed by atoms with Crippen LogP contribution in [0, 0.1) is 13.8 Å². The summed E-state index contributed by atoms with van der Waals surface area (Å²) >= 11 is 1.43. The lowest BCUT2D eigenvalue weighted by molar-refractivity contribution is -0.137. The predicted molar refractivity (Wildman–Crippen MR) is 126 cm³/mol. The topological polar surface area (TPSA) is 67.9 Å². The molecule has 2 heterocycles. The van der Waals surface area contributed by atoms with Crippen molar-refractivity contribution in [1.82, 2.24) is 4.90 Å². The number of nitrogens with zero attached hydrogens (tertiary/aromatic N) is 1. The van der Waals surface area contributed by atoms with Crippen molar-refractivity contribution < 1.29 is 19.1 Å². The first-order valence-electron chi connectivity index (χ1n) is 10.2. The minimum absolute atomic E-state index is 0.149. The molecular formula is C25H24N2O4S. The number of thiophene rings is 1. The zero-order chi connectivity index (χ0) is 22.7. The second kappa shape index (κ2) is 9.28. The van der Waals surface area contributed by atoms with Gasteiger partial charge in [-0.3, -0.25) is 14.5 Å². The molecule has 0 saturated heterocycles. The Labute approximate surface area is 191 Å². The standard InChI is InChI=1S/C25H24N2O4S/c1-16-6-11-20(17(2)15-16)26-23-22(21-5-4-14-32-21)24(28)27(25(23)29)12-13-31-19-9-7-18(30-3)8-10-19/h4-11,14-15,26H,12-13H2,1-3H3. The van der Waals surface area contributed by atoms with E-state index >= 15 is 0 Å². The van der Waals surface area contributed by atoms with Crippen LogP contribution in [0.4, 0.5) is 5.69 Å². The summed E-state index contributed by atoms with van der Waals surface area (Å²) in [5.74, 6) is 0.707. The van der Waals surface area contributed by atoms with Crippen LogP contribution >= 0.6 is 11.3 Å². The van der Waals surface area contributed by atoms with Gasteiger partial charge in [0.2, 0.25) is 0 Å². The van der Waals surface area contributed by atoms with Gasteiger partial charge in [-0.15, -0.1) is 11.3 Å². The van der Waals surface area contributed by atoms with Gasteiger partial charge in [-0.05, 0) is 61.2 Å². The van der Waals surface area contributed by atoms with Crippen LogP contribution in [0.15, 0.2) is 65.7 Å². The third-order valence-corrected chi connectivity index (χ3v) is 6.11. The normalized spacial score (nSPS) is 13.7. The van der Waals surface area contributed by atoms with E-state index in [1.807, 2.05) is 49.6 Å². The Morgan fingerprint density at radius 3 is 2.38 bits per heavy atom. The number of benzene rings is 2. The molecule has 2 amide bonds. The molecule has 1 aromatic heterocycles. The van der Waals surface area contributed by atoms with Crippen LogP contribution in [0.3, 0.4) is 0 Å². The molecule has 1 aliphatic rings. The highest BCUT2D eigenvalue weighted by molar-refractivity contribution is 7.11. The number of anilines is 1. The zero-order valence-corrected chi connectivity index (χ0v) is 19.0. The van der Waals surface area contributed by atoms with Crippen molar-refractivity contribution in [3.8, 4) is 11.5 Å². The van der Waals surface area contributed by atoms with Gasteiger partial charge in [-0.25, -0.2) is 0 Å². The highest BCUT2D eigenvalue weighted by Crippen LogP contribution is 2.33. The van der Waals surface area contributed by atoms with Gasteiger partial charge >= 0.3 is 0 Å². The number of hydrogen-bond donors (Lipinski definition) is 1. The van der Waals surface area contributed by atoms with Crippen molar-refractivity contribution >= 4 is 34.4 Å². The molecule has 0 fully saturated rings. The van der Waals surface area contributed by atoms with Crippen LogP contribution in [-0.2, 0) is 9.59 Å². The number of methoxy groups -OCH3 is 1. The van der Waals surface area contributed by atoms with Crippen LogP contribution in [0.2, 0.25) is 0 Å². The number of imide groups is 1. The fourth-order valence-corrected chi connectivity index (χ4v) is 4.33. The number of carbonyl (C=O) groups excluding carboxylic acids is 2. The van der Waals surface area contributed by atoms with Crippen LogP contribution in [-0.4, -0.2) is 37.0 Å². The summed E-state index contributed by atoms with van der Waals surface area (Å²) < 4.78 is 10.9. The molecule has 0 bridgehead atoms. The van der Waals surface area contributed by atoms with Crippen LogP contribution < -0.4 is 14.8 Å². The molecule has 7 heteroatoms. The molecule has 1 aliphatic heterocycles. The minimum atomic E-state index is -0.350. The zero-order valence-electron chi connectivity index (χ0n) is 18.2. The molecule has 0 atom stereocenters. The summed E-state index contributed by atoms with van der Waals surface area (Å²) in [5.41, 5.74) is 3.64. The highest BCUT2D eigenvalue weighted by Gasteiger charge is 2.39. The number of amides is 2. The van der Waals surface area contributed by atoms with Crippen molar-refractivity contribution in [2.75, 3.05) is 25.6 Å². The summed E-state index contributed by atoms with van der Waals surface area (Å²) in [6, 6.07) is 16.8. The Morgan fingerprint density at radius 2 is 1.72 bits per heavy atom. The highest BCUT2D eigenvalue weighted by atomic mass is 32.1. The second-order valence-electron chi connectivity index (χ2n) is 7.46. The molecule has 0 unspecified atom stereocenters. The summed E-state index contributed by atoms with van der Waals surface area (Å²) in [6.45, 7) is 4.33. The molecule has 2 aromatic carbocycles. The van der Waals surface area contributed by atoms with E-state index in [0.717, 1.165) is 27.4 Å². The van der Waals surface area contributed by atoms with E-state index in [2.05, 4.69) is 5.32 Å². The maximum Gasteiger partial charge on any atom is 0.278 e. The Kier molecular flexibility index (Phi) is 6.28. The van der Waals surface area contributed by atoms with E-state index in [1.165, 1.54) is 16.2 Å². The van der Waals surface area contributed by atoms with E-state index in [-0.39, 0.29) is 25.0 Å². The van der Waals surface area contributed by atoms with E-state index in [9.17, 15) is 9.59 Å². The smallest absolute Gasteiger partial charge is 0.278 e. The molecule has 1 N–H and O–H groups in total. The Bertz CT molecular complexity index is 1170. The van der Waals surface area contributed by atoms with Gasteiger partial charge in [0, 0.05) is 10.6 Å². The molecule has 0 saturated carbocycles. The molecule has 0 aliphatic carbocycles. The number of rotatable bonds is 8. The average molecular weight is 449 g/mol. The summed E-state index contributed by atoms with van der Waals surface area (Å²) in [4.78, 5) is 28.5. The summed E-state index contributed by atoms with van der Waals surface area (Å²) in [7, 11) is 1.60. The maximum atomic E-state index is 13.2. The first kappa shape index (κ1) is 21.6. The van der Waals surface area contributed by atoms with Crippen molar-refractivity contribution in [2.24, 2.45) is 0 Å². The fourth-order valence-electron chi connectivity index (χ4n) is 3.56. The third kappa shape index (κ3) is 4.38. The van der Waals surface area contributed by atoms with Crippen LogP contribution in [0.25, 0.3) is 5.57 Å². The minimum Gasteiger partial charge on any atom is -0.497 e. The first-order chi connectivity index (χ1) is 15.5. The molecule has 4 rings (SSSR count). The van der Waals surface area contributed by atoms with Crippen molar-refractivity contribution in [2.45, 2.75) is 13.8 Å². The van der Waals surface area contributed by atoms with Gasteiger partial charge in [-0.2, -0.15) is 0 Å². The van der Waals surface area contributed by atoms with Crippen LogP contribution in [0.1, 0.15) is 16.0 Å². The summed E-state index contributed by atoms with van der Waals surface area (Å²) in [5, 5.41) is 5.12. The number of aryl methyl sites for hydroxylation is 2. The van der Waals surface area contributed by atoms with Crippen molar-refractivity contribution in [3.63, 3.8) is 0 Å². The molecule has 164 valence electrons. The lowest BCUT2D eigenvalue weighted by Crippen LogP contribution is -2.36. The SMILES string of the molecule is COc1ccc(OCCN2C(=O)C(Nc3ccc(C)cc3C)=C(c3cccs3)C2=O)cc1. The average Bonchev–Trinajstić information content (AvgIpc) is 3.39.